The smallest absolute Gasteiger partial charge is 0.246 e. The summed E-state index contributed by atoms with van der Waals surface area (Å²) in [6.07, 6.45) is 0.953. The lowest BCUT2D eigenvalue weighted by molar-refractivity contribution is -0.116. The second-order valence-corrected chi connectivity index (χ2v) is 5.88. The molecule has 1 amide bonds. The first kappa shape index (κ1) is 16.7. The van der Waals surface area contributed by atoms with Gasteiger partial charge >= 0.3 is 0 Å². The quantitative estimate of drug-likeness (QED) is 0.806. The molecular formula is C17H18Cl2N2O. The molecule has 1 unspecified atom stereocenters. The van der Waals surface area contributed by atoms with Crippen LogP contribution in [0.5, 0.6) is 0 Å². The molecule has 0 spiro atoms. The Morgan fingerprint density at radius 1 is 1.18 bits per heavy atom. The first-order chi connectivity index (χ1) is 10.5. The molecule has 0 saturated heterocycles. The van der Waals surface area contributed by atoms with Gasteiger partial charge in [-0.25, -0.2) is 0 Å². The average molecular weight is 337 g/mol. The summed E-state index contributed by atoms with van der Waals surface area (Å²) in [7, 11) is 0. The van der Waals surface area contributed by atoms with Crippen LogP contribution in [0, 0.1) is 0 Å². The van der Waals surface area contributed by atoms with Gasteiger partial charge in [0.15, 0.2) is 0 Å². The second kappa shape index (κ2) is 7.52. The Hall–Kier alpha value is -1.71. The maximum Gasteiger partial charge on any atom is 0.246 e. The van der Waals surface area contributed by atoms with Crippen LogP contribution >= 0.6 is 23.2 Å². The van der Waals surface area contributed by atoms with Crippen molar-refractivity contribution in [1.82, 2.24) is 0 Å². The van der Waals surface area contributed by atoms with Gasteiger partial charge in [-0.2, -0.15) is 0 Å². The van der Waals surface area contributed by atoms with Crippen LogP contribution in [0.3, 0.4) is 0 Å². The number of benzene rings is 2. The highest BCUT2D eigenvalue weighted by Gasteiger charge is 2.14. The summed E-state index contributed by atoms with van der Waals surface area (Å²) in [4.78, 5) is 12.3. The summed E-state index contributed by atoms with van der Waals surface area (Å²) in [5.74, 6) is -0.175. The van der Waals surface area contributed by atoms with Crippen LogP contribution in [-0.4, -0.2) is 11.9 Å². The molecule has 0 fully saturated rings. The van der Waals surface area contributed by atoms with E-state index in [1.165, 1.54) is 5.56 Å². The van der Waals surface area contributed by atoms with E-state index in [0.29, 0.717) is 15.7 Å². The number of hydrogen-bond acceptors (Lipinski definition) is 2. The molecule has 0 aliphatic heterocycles. The van der Waals surface area contributed by atoms with Crippen molar-refractivity contribution >= 4 is 40.5 Å². The van der Waals surface area contributed by atoms with Crippen molar-refractivity contribution in [3.63, 3.8) is 0 Å². The van der Waals surface area contributed by atoms with Gasteiger partial charge in [0.1, 0.15) is 6.04 Å². The number of nitrogens with one attached hydrogen (secondary N) is 2. The van der Waals surface area contributed by atoms with E-state index in [0.717, 1.165) is 12.1 Å². The molecule has 22 heavy (non-hydrogen) atoms. The number of rotatable bonds is 5. The molecule has 3 nitrogen and oxygen atoms in total. The molecule has 0 radical (unpaired) electrons. The number of anilines is 2. The van der Waals surface area contributed by atoms with Gasteiger partial charge in [-0.05, 0) is 49.2 Å². The number of aryl methyl sites for hydroxylation is 1. The summed E-state index contributed by atoms with van der Waals surface area (Å²) >= 11 is 12.0. The largest absolute Gasteiger partial charge is 0.374 e. The van der Waals surface area contributed by atoms with E-state index in [-0.39, 0.29) is 5.91 Å². The van der Waals surface area contributed by atoms with E-state index in [9.17, 15) is 4.79 Å². The Morgan fingerprint density at radius 3 is 2.68 bits per heavy atom. The minimum Gasteiger partial charge on any atom is -0.374 e. The van der Waals surface area contributed by atoms with Crippen molar-refractivity contribution in [1.29, 1.82) is 0 Å². The van der Waals surface area contributed by atoms with Crippen molar-refractivity contribution in [3.8, 4) is 0 Å². The zero-order valence-corrected chi connectivity index (χ0v) is 14.0. The van der Waals surface area contributed by atoms with Gasteiger partial charge in [-0.3, -0.25) is 4.79 Å². The number of carbonyl (C=O) groups excluding carboxylic acids is 1. The Labute approximate surface area is 140 Å². The number of carbonyl (C=O) groups is 1. The molecule has 2 rings (SSSR count). The topological polar surface area (TPSA) is 41.1 Å². The fourth-order valence-electron chi connectivity index (χ4n) is 2.03. The molecule has 1 atom stereocenters. The maximum atomic E-state index is 12.3. The van der Waals surface area contributed by atoms with Gasteiger partial charge in [0.2, 0.25) is 5.91 Å². The molecule has 2 aromatic carbocycles. The maximum absolute atomic E-state index is 12.3. The zero-order chi connectivity index (χ0) is 16.1. The summed E-state index contributed by atoms with van der Waals surface area (Å²) in [6.45, 7) is 3.89. The number of amides is 1. The summed E-state index contributed by atoms with van der Waals surface area (Å²) in [5.41, 5.74) is 2.64. The highest BCUT2D eigenvalue weighted by atomic mass is 35.5. The molecular weight excluding hydrogens is 319 g/mol. The van der Waals surface area contributed by atoms with Crippen molar-refractivity contribution in [2.75, 3.05) is 10.6 Å². The van der Waals surface area contributed by atoms with Crippen LogP contribution in [0.2, 0.25) is 10.0 Å². The third kappa shape index (κ3) is 4.39. The van der Waals surface area contributed by atoms with E-state index in [1.807, 2.05) is 18.2 Å². The third-order valence-electron chi connectivity index (χ3n) is 3.30. The fourth-order valence-corrected chi connectivity index (χ4v) is 2.37. The lowest BCUT2D eigenvalue weighted by Crippen LogP contribution is -2.32. The molecule has 2 aromatic rings. The SMILES string of the molecule is CCc1cccc(NC(C)C(=O)Nc2cc(Cl)ccc2Cl)c1. The Bertz CT molecular complexity index is 673. The first-order valence-electron chi connectivity index (χ1n) is 7.11. The first-order valence-corrected chi connectivity index (χ1v) is 7.86. The van der Waals surface area contributed by atoms with E-state index < -0.39 is 6.04 Å². The van der Waals surface area contributed by atoms with E-state index in [1.54, 1.807) is 25.1 Å². The van der Waals surface area contributed by atoms with Crippen LogP contribution in [0.15, 0.2) is 42.5 Å². The highest BCUT2D eigenvalue weighted by molar-refractivity contribution is 6.35. The molecule has 2 N–H and O–H groups in total. The van der Waals surface area contributed by atoms with Crippen LogP contribution in [0.4, 0.5) is 11.4 Å². The van der Waals surface area contributed by atoms with Gasteiger partial charge in [-0.15, -0.1) is 0 Å². The summed E-state index contributed by atoms with van der Waals surface area (Å²) in [5, 5.41) is 6.94. The lowest BCUT2D eigenvalue weighted by atomic mass is 10.1. The molecule has 0 aromatic heterocycles. The Kier molecular flexibility index (Phi) is 5.69. The summed E-state index contributed by atoms with van der Waals surface area (Å²) in [6, 6.07) is 12.6. The van der Waals surface area contributed by atoms with Crippen LogP contribution in [0.25, 0.3) is 0 Å². The van der Waals surface area contributed by atoms with Crippen molar-refractivity contribution in [2.24, 2.45) is 0 Å². The van der Waals surface area contributed by atoms with Crippen molar-refractivity contribution < 1.29 is 4.79 Å². The molecule has 0 heterocycles. The second-order valence-electron chi connectivity index (χ2n) is 5.03. The fraction of sp³-hybridized carbons (Fsp3) is 0.235. The zero-order valence-electron chi connectivity index (χ0n) is 12.5. The minimum atomic E-state index is -0.401. The standard InChI is InChI=1S/C17H18Cl2N2O/c1-3-12-5-4-6-14(9-12)20-11(2)17(22)21-16-10-13(18)7-8-15(16)19/h4-11,20H,3H2,1-2H3,(H,21,22). The van der Waals surface area contributed by atoms with Crippen molar-refractivity contribution in [3.05, 3.63) is 58.1 Å². The Balaban J connectivity index is 2.04. The predicted octanol–water partition coefficient (Wildman–Crippen LogP) is 4.99. The predicted molar refractivity (Wildman–Crippen MR) is 94.0 cm³/mol. The van der Waals surface area contributed by atoms with Gasteiger partial charge in [-0.1, -0.05) is 42.3 Å². The third-order valence-corrected chi connectivity index (χ3v) is 3.86. The molecule has 116 valence electrons. The summed E-state index contributed by atoms with van der Waals surface area (Å²) < 4.78 is 0. The number of halogens is 2. The van der Waals surface area contributed by atoms with Gasteiger partial charge in [0, 0.05) is 10.7 Å². The van der Waals surface area contributed by atoms with Gasteiger partial charge < -0.3 is 10.6 Å². The van der Waals surface area contributed by atoms with E-state index >= 15 is 0 Å². The Morgan fingerprint density at radius 2 is 1.95 bits per heavy atom. The molecule has 0 aliphatic rings. The normalized spacial score (nSPS) is 11.8. The highest BCUT2D eigenvalue weighted by Crippen LogP contribution is 2.25. The van der Waals surface area contributed by atoms with E-state index in [2.05, 4.69) is 23.6 Å². The monoisotopic (exact) mass is 336 g/mol. The van der Waals surface area contributed by atoms with Gasteiger partial charge in [0.05, 0.1) is 10.7 Å². The van der Waals surface area contributed by atoms with Gasteiger partial charge in [0.25, 0.3) is 0 Å². The molecule has 0 saturated carbocycles. The van der Waals surface area contributed by atoms with Crippen molar-refractivity contribution in [2.45, 2.75) is 26.3 Å². The number of hydrogen-bond donors (Lipinski definition) is 2. The lowest BCUT2D eigenvalue weighted by Gasteiger charge is -2.16. The molecule has 0 aliphatic carbocycles. The van der Waals surface area contributed by atoms with Crippen LogP contribution in [-0.2, 0) is 11.2 Å². The average Bonchev–Trinajstić information content (AvgIpc) is 2.51. The van der Waals surface area contributed by atoms with Crippen LogP contribution < -0.4 is 10.6 Å². The molecule has 5 heteroatoms. The van der Waals surface area contributed by atoms with Crippen LogP contribution in [0.1, 0.15) is 19.4 Å². The minimum absolute atomic E-state index is 0.175. The molecule has 0 bridgehead atoms. The van der Waals surface area contributed by atoms with E-state index in [4.69, 9.17) is 23.2 Å².